The number of amides is 1. The predicted octanol–water partition coefficient (Wildman–Crippen LogP) is 5.27. The molecule has 42 heavy (non-hydrogen) atoms. The summed E-state index contributed by atoms with van der Waals surface area (Å²) in [7, 11) is 2.94. The Balaban J connectivity index is 1.36. The first kappa shape index (κ1) is 27.4. The minimum atomic E-state index is -0.569. The summed E-state index contributed by atoms with van der Waals surface area (Å²) in [6.07, 6.45) is 6.07. The Morgan fingerprint density at radius 2 is 1.90 bits per heavy atom. The molecule has 0 radical (unpaired) electrons. The van der Waals surface area contributed by atoms with Crippen molar-refractivity contribution in [1.82, 2.24) is 20.3 Å². The van der Waals surface area contributed by atoms with Gasteiger partial charge in [-0.15, -0.1) is 0 Å². The molecule has 2 bridgehead atoms. The number of nitrogens with one attached hydrogen (secondary N) is 1. The second-order valence-electron chi connectivity index (χ2n) is 10.6. The second kappa shape index (κ2) is 11.3. The van der Waals surface area contributed by atoms with Gasteiger partial charge in [-0.3, -0.25) is 14.6 Å². The zero-order valence-electron chi connectivity index (χ0n) is 23.2. The van der Waals surface area contributed by atoms with Crippen LogP contribution in [0.2, 0.25) is 0 Å². The number of ketones is 1. The van der Waals surface area contributed by atoms with Gasteiger partial charge in [0.2, 0.25) is 0 Å². The zero-order chi connectivity index (χ0) is 29.4. The van der Waals surface area contributed by atoms with E-state index < -0.39 is 11.6 Å². The normalized spacial score (nSPS) is 17.4. The molecule has 1 aliphatic heterocycles. The number of ether oxygens (including phenoxy) is 1. The highest BCUT2D eigenvalue weighted by Crippen LogP contribution is 2.43. The van der Waals surface area contributed by atoms with Gasteiger partial charge in [-0.25, -0.2) is 18.7 Å². The lowest BCUT2D eigenvalue weighted by atomic mass is 9.97. The summed E-state index contributed by atoms with van der Waals surface area (Å²) in [6.45, 7) is 0.843. The van der Waals surface area contributed by atoms with Gasteiger partial charge in [0, 0.05) is 55.3 Å². The fourth-order valence-electron chi connectivity index (χ4n) is 6.06. The highest BCUT2D eigenvalue weighted by molar-refractivity contribution is 5.97. The maximum Gasteiger partial charge on any atom is 0.269 e. The molecule has 1 saturated carbocycles. The van der Waals surface area contributed by atoms with Gasteiger partial charge in [0.05, 0.1) is 12.7 Å². The summed E-state index contributed by atoms with van der Waals surface area (Å²) in [5.74, 6) is -0.890. The molecular weight excluding hydrogens is 540 g/mol. The largest absolute Gasteiger partial charge is 0.496 e. The Morgan fingerprint density at radius 1 is 1.05 bits per heavy atom. The molecule has 8 nitrogen and oxygen atoms in total. The summed E-state index contributed by atoms with van der Waals surface area (Å²) in [5.41, 5.74) is 2.62. The van der Waals surface area contributed by atoms with Crippen molar-refractivity contribution < 1.29 is 23.1 Å². The molecule has 2 aromatic heterocycles. The first-order valence-electron chi connectivity index (χ1n) is 13.8. The molecule has 214 valence electrons. The van der Waals surface area contributed by atoms with E-state index in [1.165, 1.54) is 50.8 Å². The summed E-state index contributed by atoms with van der Waals surface area (Å²) >= 11 is 0. The van der Waals surface area contributed by atoms with Gasteiger partial charge in [-0.05, 0) is 67.1 Å². The van der Waals surface area contributed by atoms with E-state index in [9.17, 15) is 14.0 Å². The number of nitrogens with zero attached hydrogens (tertiary/aromatic N) is 4. The Morgan fingerprint density at radius 3 is 2.60 bits per heavy atom. The van der Waals surface area contributed by atoms with Crippen molar-refractivity contribution in [3.8, 4) is 28.3 Å². The minimum Gasteiger partial charge on any atom is -0.496 e. The smallest absolute Gasteiger partial charge is 0.269 e. The Labute approximate surface area is 241 Å². The Hall–Kier alpha value is -4.73. The number of hydrogen-bond acceptors (Lipinski definition) is 7. The van der Waals surface area contributed by atoms with E-state index in [4.69, 9.17) is 4.74 Å². The number of carbonyl (C=O) groups excluding carboxylic acids is 2. The van der Waals surface area contributed by atoms with Crippen LogP contribution in [0.1, 0.15) is 45.8 Å². The monoisotopic (exact) mass is 569 g/mol. The van der Waals surface area contributed by atoms with Gasteiger partial charge in [-0.2, -0.15) is 0 Å². The van der Waals surface area contributed by atoms with Crippen LogP contribution < -0.4 is 15.0 Å². The van der Waals surface area contributed by atoms with Crippen LogP contribution >= 0.6 is 0 Å². The van der Waals surface area contributed by atoms with Crippen molar-refractivity contribution in [3.05, 3.63) is 89.5 Å². The third-order valence-electron chi connectivity index (χ3n) is 8.13. The molecule has 2 aliphatic rings. The summed E-state index contributed by atoms with van der Waals surface area (Å²) in [6, 6.07) is 12.6. The number of piperidine rings is 1. The van der Waals surface area contributed by atoms with Crippen molar-refractivity contribution in [2.24, 2.45) is 5.92 Å². The maximum absolute atomic E-state index is 15.7. The second-order valence-corrected chi connectivity index (χ2v) is 10.6. The van der Waals surface area contributed by atoms with E-state index >= 15 is 4.39 Å². The average molecular weight is 570 g/mol. The molecule has 6 rings (SSSR count). The molecule has 2 fully saturated rings. The number of benzene rings is 2. The molecular formula is C32H29F2N5O3. The van der Waals surface area contributed by atoms with Crippen molar-refractivity contribution in [1.29, 1.82) is 0 Å². The van der Waals surface area contributed by atoms with Crippen LogP contribution in [0, 0.1) is 17.6 Å². The number of aromatic nitrogens is 3. The van der Waals surface area contributed by atoms with E-state index in [0.29, 0.717) is 28.7 Å². The molecule has 1 saturated heterocycles. The summed E-state index contributed by atoms with van der Waals surface area (Å²) in [5, 5.41) is 2.53. The fourth-order valence-corrected chi connectivity index (χ4v) is 6.06. The van der Waals surface area contributed by atoms with Crippen molar-refractivity contribution in [2.45, 2.75) is 31.7 Å². The molecule has 0 spiro atoms. The number of Topliss-reactive ketones (excluding diaryl/α,β-unsaturated/α-hetero) is 1. The quantitative estimate of drug-likeness (QED) is 0.289. The topological polar surface area (TPSA) is 97.3 Å². The third kappa shape index (κ3) is 5.08. The molecule has 2 aromatic carbocycles. The van der Waals surface area contributed by atoms with Crippen LogP contribution in [0.5, 0.6) is 5.75 Å². The van der Waals surface area contributed by atoms with E-state index in [-0.39, 0.29) is 46.6 Å². The molecule has 4 aromatic rings. The van der Waals surface area contributed by atoms with Crippen LogP contribution in [0.4, 0.5) is 14.5 Å². The van der Waals surface area contributed by atoms with Crippen LogP contribution in [0.25, 0.3) is 22.5 Å². The van der Waals surface area contributed by atoms with Gasteiger partial charge in [-0.1, -0.05) is 12.1 Å². The van der Waals surface area contributed by atoms with Gasteiger partial charge < -0.3 is 15.0 Å². The standard InChI is InChI=1S/C32H29F2N5O3/c1-35-32(41)26-9-7-19(16-37-26)22-15-27(39-17-18-6-8-21(39)12-18)20(13-24(22)34)14-28(40)25-10-11-36-31(38-25)30-23(33)4-3-5-29(30)42-2/h3-5,7,9-11,13,15-16,18,21H,6,8,12,14,17H2,1-2H3,(H,35,41)/t18-,21+/m0/s1. The highest BCUT2D eigenvalue weighted by Gasteiger charge is 2.39. The summed E-state index contributed by atoms with van der Waals surface area (Å²) in [4.78, 5) is 40.5. The number of hydrogen-bond donors (Lipinski definition) is 1. The maximum atomic E-state index is 15.7. The van der Waals surface area contributed by atoms with Crippen molar-refractivity contribution >= 4 is 17.4 Å². The van der Waals surface area contributed by atoms with Gasteiger partial charge in [0.15, 0.2) is 11.6 Å². The van der Waals surface area contributed by atoms with E-state index in [1.54, 1.807) is 24.3 Å². The number of methoxy groups -OCH3 is 1. The SMILES string of the molecule is CNC(=O)c1ccc(-c2cc(N3C[C@H]4CC[C@@H]3C4)c(CC(=O)c3ccnc(-c4c(F)cccc4OC)n3)cc2F)cn1. The molecule has 1 aliphatic carbocycles. The van der Waals surface area contributed by atoms with Crippen LogP contribution in [0.15, 0.2) is 60.9 Å². The van der Waals surface area contributed by atoms with E-state index in [0.717, 1.165) is 31.5 Å². The highest BCUT2D eigenvalue weighted by atomic mass is 19.1. The zero-order valence-corrected chi connectivity index (χ0v) is 23.2. The van der Waals surface area contributed by atoms with Crippen molar-refractivity contribution in [3.63, 3.8) is 0 Å². The first-order chi connectivity index (χ1) is 20.4. The molecule has 10 heteroatoms. The molecule has 3 heterocycles. The van der Waals surface area contributed by atoms with Gasteiger partial charge >= 0.3 is 0 Å². The number of rotatable bonds is 8. The van der Waals surface area contributed by atoms with E-state index in [2.05, 4.69) is 25.2 Å². The third-order valence-corrected chi connectivity index (χ3v) is 8.13. The lowest BCUT2D eigenvalue weighted by Crippen LogP contribution is -2.33. The molecule has 2 atom stereocenters. The lowest BCUT2D eigenvalue weighted by Gasteiger charge is -2.31. The minimum absolute atomic E-state index is 0.0297. The lowest BCUT2D eigenvalue weighted by molar-refractivity contribution is 0.0956. The first-order valence-corrected chi connectivity index (χ1v) is 13.8. The van der Waals surface area contributed by atoms with Crippen molar-refractivity contribution in [2.75, 3.05) is 25.6 Å². The molecule has 0 unspecified atom stereocenters. The number of pyridine rings is 1. The number of carbonyl (C=O) groups is 2. The predicted molar refractivity (Wildman–Crippen MR) is 154 cm³/mol. The Kier molecular flexibility index (Phi) is 7.36. The average Bonchev–Trinajstić information content (AvgIpc) is 3.65. The van der Waals surface area contributed by atoms with Gasteiger partial charge in [0.25, 0.3) is 5.91 Å². The fraction of sp³-hybridized carbons (Fsp3) is 0.281. The van der Waals surface area contributed by atoms with Crippen LogP contribution in [-0.2, 0) is 6.42 Å². The number of halogens is 2. The number of fused-ring (bicyclic) bond motifs is 2. The molecule has 1 N–H and O–H groups in total. The van der Waals surface area contributed by atoms with Gasteiger partial charge in [0.1, 0.15) is 28.8 Å². The molecule has 1 amide bonds. The van der Waals surface area contributed by atoms with Crippen LogP contribution in [0.3, 0.4) is 0 Å². The van der Waals surface area contributed by atoms with E-state index in [1.807, 2.05) is 0 Å². The van der Waals surface area contributed by atoms with Crippen LogP contribution in [-0.4, -0.2) is 53.4 Å². The Bertz CT molecular complexity index is 1680. The summed E-state index contributed by atoms with van der Waals surface area (Å²) < 4.78 is 35.6. The number of anilines is 1.